The first-order chi connectivity index (χ1) is 17.3. The van der Waals surface area contributed by atoms with Gasteiger partial charge in [-0.3, -0.25) is 4.90 Å². The Morgan fingerprint density at radius 2 is 1.53 bits per heavy atom. The highest BCUT2D eigenvalue weighted by molar-refractivity contribution is 6.75. The number of carbonyl (C=O) groups excluding carboxylic acids is 2. The van der Waals surface area contributed by atoms with Crippen LogP contribution >= 0.6 is 0 Å². The molecule has 0 bridgehead atoms. The number of hydrogen-bond acceptors (Lipinski definition) is 10. The van der Waals surface area contributed by atoms with Crippen LogP contribution in [0.15, 0.2) is 77.3 Å². The highest BCUT2D eigenvalue weighted by Crippen LogP contribution is 2.43. The maximum absolute atomic E-state index is 13.2. The van der Waals surface area contributed by atoms with E-state index in [1.807, 2.05) is 0 Å². The van der Waals surface area contributed by atoms with Crippen LogP contribution in [0.1, 0.15) is 11.5 Å². The van der Waals surface area contributed by atoms with Crippen molar-refractivity contribution in [3.63, 3.8) is 0 Å². The van der Waals surface area contributed by atoms with Crippen LogP contribution in [0.5, 0.6) is 0 Å². The molecule has 1 aliphatic heterocycles. The molecular weight excluding hydrogens is 482 g/mol. The summed E-state index contributed by atoms with van der Waals surface area (Å²) < 4.78 is 26.9. The fourth-order valence-corrected chi connectivity index (χ4v) is 6.05. The highest BCUT2D eigenvalue weighted by atomic mass is 28.4. The number of methoxy groups -OCH3 is 2. The number of rotatable bonds is 8. The van der Waals surface area contributed by atoms with Crippen LogP contribution in [-0.2, 0) is 32.3 Å². The number of nitrogens with zero attached hydrogens (tertiary/aromatic N) is 2. The van der Waals surface area contributed by atoms with E-state index in [1.165, 1.54) is 40.4 Å². The third-order valence-electron chi connectivity index (χ3n) is 5.87. The molecule has 0 radical (unpaired) electrons. The second kappa shape index (κ2) is 11.2. The van der Waals surface area contributed by atoms with Crippen LogP contribution in [0.25, 0.3) is 0 Å². The van der Waals surface area contributed by atoms with Crippen molar-refractivity contribution in [3.05, 3.63) is 82.8 Å². The molecule has 1 unspecified atom stereocenters. The lowest BCUT2D eigenvalue weighted by Gasteiger charge is -2.36. The topological polar surface area (TPSA) is 133 Å². The molecule has 2 aromatic carbocycles. The number of nitrogens with two attached hydrogens (primary N) is 1. The van der Waals surface area contributed by atoms with E-state index in [2.05, 4.69) is 6.07 Å². The average molecular weight is 510 g/mol. The molecule has 1 atom stereocenters. The normalized spacial score (nSPS) is 16.0. The van der Waals surface area contributed by atoms with E-state index in [1.54, 1.807) is 54.6 Å². The van der Waals surface area contributed by atoms with Gasteiger partial charge in [0.2, 0.25) is 0 Å². The van der Waals surface area contributed by atoms with Gasteiger partial charge in [-0.2, -0.15) is 5.26 Å². The second-order valence-corrected chi connectivity index (χ2v) is 10.5. The van der Waals surface area contributed by atoms with Crippen molar-refractivity contribution in [3.8, 4) is 6.07 Å². The molecule has 11 heteroatoms. The van der Waals surface area contributed by atoms with Gasteiger partial charge in [0.05, 0.1) is 37.4 Å². The number of benzene rings is 2. The summed E-state index contributed by atoms with van der Waals surface area (Å²) >= 11 is 0. The van der Waals surface area contributed by atoms with Crippen LogP contribution in [0.2, 0.25) is 0 Å². The molecule has 0 amide bonds. The summed E-state index contributed by atoms with van der Waals surface area (Å²) in [5.74, 6) is -2.64. The molecule has 36 heavy (non-hydrogen) atoms. The lowest BCUT2D eigenvalue weighted by Crippen LogP contribution is -2.54. The summed E-state index contributed by atoms with van der Waals surface area (Å²) in [5.41, 5.74) is 7.29. The third kappa shape index (κ3) is 4.50. The summed E-state index contributed by atoms with van der Waals surface area (Å²) in [7, 11) is 3.51. The molecule has 1 heterocycles. The van der Waals surface area contributed by atoms with Crippen molar-refractivity contribution >= 4 is 31.6 Å². The fraction of sp³-hybridized carbons (Fsp3) is 0.240. The first-order valence-electron chi connectivity index (χ1n) is 10.8. The van der Waals surface area contributed by atoms with Crippen LogP contribution in [0.4, 0.5) is 5.69 Å². The zero-order valence-corrected chi connectivity index (χ0v) is 21.6. The number of allylic oxidation sites excluding steroid dienone is 1. The Morgan fingerprint density at radius 1 is 0.917 bits per heavy atom. The quantitative estimate of drug-likeness (QED) is 0.414. The highest BCUT2D eigenvalue weighted by Gasteiger charge is 2.45. The van der Waals surface area contributed by atoms with E-state index in [4.69, 9.17) is 28.5 Å². The molecule has 0 aliphatic carbocycles. The fourth-order valence-electron chi connectivity index (χ4n) is 4.22. The van der Waals surface area contributed by atoms with Gasteiger partial charge in [0.15, 0.2) is 0 Å². The molecule has 1 aliphatic rings. The van der Waals surface area contributed by atoms with Gasteiger partial charge in [-0.25, -0.2) is 9.59 Å². The lowest BCUT2D eigenvalue weighted by atomic mass is 9.81. The van der Waals surface area contributed by atoms with Gasteiger partial charge in [-0.15, -0.1) is 0 Å². The van der Waals surface area contributed by atoms with Crippen molar-refractivity contribution in [1.82, 2.24) is 0 Å². The standard InChI is InChI=1S/C25H27N3O7Si/c1-31-24(29)21-20(16-10-7-6-8-11-16)19(15-26)23(27)28(22(21)25(30)32-2)17-12-9-13-18(14-17)36(33-3,34-4)35-5/h6-14,20H,27H2,1-5H3. The van der Waals surface area contributed by atoms with E-state index in [9.17, 15) is 14.9 Å². The van der Waals surface area contributed by atoms with Crippen molar-refractivity contribution < 1.29 is 32.3 Å². The van der Waals surface area contributed by atoms with Gasteiger partial charge in [0, 0.05) is 32.2 Å². The predicted molar refractivity (Wildman–Crippen MR) is 132 cm³/mol. The first-order valence-corrected chi connectivity index (χ1v) is 12.5. The van der Waals surface area contributed by atoms with Crippen molar-refractivity contribution in [1.29, 1.82) is 5.26 Å². The smallest absolute Gasteiger partial charge is 0.466 e. The van der Waals surface area contributed by atoms with E-state index < -0.39 is 26.7 Å². The molecule has 2 N–H and O–H groups in total. The summed E-state index contributed by atoms with van der Waals surface area (Å²) in [6.07, 6.45) is 0. The maximum atomic E-state index is 13.2. The Labute approximate surface area is 210 Å². The molecule has 0 saturated carbocycles. The molecular formula is C25H27N3O7Si. The number of carbonyl (C=O) groups is 2. The van der Waals surface area contributed by atoms with Crippen LogP contribution in [0, 0.1) is 11.3 Å². The number of hydrogen-bond donors (Lipinski definition) is 1. The molecule has 2 aromatic rings. The number of nitriles is 1. The van der Waals surface area contributed by atoms with Crippen LogP contribution < -0.4 is 15.8 Å². The Balaban J connectivity index is 2.39. The summed E-state index contributed by atoms with van der Waals surface area (Å²) in [6, 6.07) is 17.7. The Bertz CT molecular complexity index is 1240. The minimum Gasteiger partial charge on any atom is -0.466 e. The maximum Gasteiger partial charge on any atom is 0.536 e. The van der Waals surface area contributed by atoms with Crippen LogP contribution in [0.3, 0.4) is 0 Å². The molecule has 0 fully saturated rings. The third-order valence-corrected chi connectivity index (χ3v) is 8.50. The van der Waals surface area contributed by atoms with E-state index in [0.29, 0.717) is 16.4 Å². The lowest BCUT2D eigenvalue weighted by molar-refractivity contribution is -0.139. The Morgan fingerprint density at radius 3 is 2.06 bits per heavy atom. The summed E-state index contributed by atoms with van der Waals surface area (Å²) in [4.78, 5) is 27.6. The van der Waals surface area contributed by atoms with Gasteiger partial charge in [-0.05, 0) is 17.7 Å². The number of anilines is 1. The largest absolute Gasteiger partial charge is 0.536 e. The Hall–Kier alpha value is -3.95. The van der Waals surface area contributed by atoms with Gasteiger partial charge in [0.1, 0.15) is 11.5 Å². The minimum atomic E-state index is -3.28. The number of esters is 2. The predicted octanol–water partition coefficient (Wildman–Crippen LogP) is 1.67. The second-order valence-electron chi connectivity index (χ2n) is 7.55. The molecule has 0 aromatic heterocycles. The summed E-state index contributed by atoms with van der Waals surface area (Å²) in [5, 5.41) is 10.7. The zero-order chi connectivity index (χ0) is 26.5. The monoisotopic (exact) mass is 509 g/mol. The van der Waals surface area contributed by atoms with Crippen LogP contribution in [-0.4, -0.2) is 56.3 Å². The number of ether oxygens (including phenoxy) is 2. The summed E-state index contributed by atoms with van der Waals surface area (Å²) in [6.45, 7) is 0. The molecule has 0 saturated heterocycles. The van der Waals surface area contributed by atoms with Crippen molar-refractivity contribution in [2.75, 3.05) is 40.4 Å². The first kappa shape index (κ1) is 26.6. The Kier molecular flexibility index (Phi) is 8.28. The van der Waals surface area contributed by atoms with E-state index in [0.717, 1.165) is 0 Å². The van der Waals surface area contributed by atoms with Crippen molar-refractivity contribution in [2.45, 2.75) is 5.92 Å². The molecule has 3 rings (SSSR count). The minimum absolute atomic E-state index is 0.0453. The molecule has 10 nitrogen and oxygen atoms in total. The van der Waals surface area contributed by atoms with Gasteiger partial charge in [-0.1, -0.05) is 42.5 Å². The molecule has 0 spiro atoms. The van der Waals surface area contributed by atoms with Gasteiger partial charge < -0.3 is 28.5 Å². The van der Waals surface area contributed by atoms with Gasteiger partial charge >= 0.3 is 20.7 Å². The average Bonchev–Trinajstić information content (AvgIpc) is 2.93. The van der Waals surface area contributed by atoms with E-state index in [-0.39, 0.29) is 22.7 Å². The van der Waals surface area contributed by atoms with Gasteiger partial charge in [0.25, 0.3) is 0 Å². The zero-order valence-electron chi connectivity index (χ0n) is 20.6. The molecule has 188 valence electrons. The van der Waals surface area contributed by atoms with E-state index >= 15 is 0 Å². The van der Waals surface area contributed by atoms with Crippen molar-refractivity contribution in [2.24, 2.45) is 5.73 Å². The SMILES string of the molecule is COC(=O)C1=C(C(=O)OC)N(c2cccc([Si](OC)(OC)OC)c2)C(N)=C(C#N)C1c1ccccc1.